The maximum absolute atomic E-state index is 4.94. The number of aryl methyl sites for hydroxylation is 2. The van der Waals surface area contributed by atoms with E-state index >= 15 is 0 Å². The van der Waals surface area contributed by atoms with Crippen LogP contribution < -0.4 is 0 Å². The van der Waals surface area contributed by atoms with E-state index in [2.05, 4.69) is 62.4 Å². The molecular formula is C24H18N2S. The van der Waals surface area contributed by atoms with Crippen molar-refractivity contribution < 1.29 is 0 Å². The Morgan fingerprint density at radius 1 is 0.741 bits per heavy atom. The minimum Gasteiger partial charge on any atom is -0.255 e. The van der Waals surface area contributed by atoms with Gasteiger partial charge in [-0.05, 0) is 44.2 Å². The third kappa shape index (κ3) is 2.81. The van der Waals surface area contributed by atoms with Crippen LogP contribution in [0.3, 0.4) is 0 Å². The number of hydrogen-bond acceptors (Lipinski definition) is 3. The highest BCUT2D eigenvalue weighted by molar-refractivity contribution is 7.26. The predicted octanol–water partition coefficient (Wildman–Crippen LogP) is 6.80. The number of nitrogens with zero attached hydrogens (tertiary/aromatic N) is 2. The van der Waals surface area contributed by atoms with Crippen molar-refractivity contribution in [3.05, 3.63) is 84.1 Å². The smallest absolute Gasteiger partial charge is 0.125 e. The third-order valence-electron chi connectivity index (χ3n) is 4.82. The van der Waals surface area contributed by atoms with Crippen molar-refractivity contribution in [2.45, 2.75) is 13.8 Å². The summed E-state index contributed by atoms with van der Waals surface area (Å²) in [6.07, 6.45) is 1.91. The van der Waals surface area contributed by atoms with Gasteiger partial charge in [0.25, 0.3) is 0 Å². The topological polar surface area (TPSA) is 25.8 Å². The van der Waals surface area contributed by atoms with E-state index in [0.29, 0.717) is 0 Å². The van der Waals surface area contributed by atoms with Gasteiger partial charge in [-0.15, -0.1) is 11.3 Å². The molecule has 0 fully saturated rings. The molecule has 2 aromatic carbocycles. The molecule has 5 aromatic rings. The maximum atomic E-state index is 4.94. The average Bonchev–Trinajstić information content (AvgIpc) is 3.05. The second kappa shape index (κ2) is 6.29. The Morgan fingerprint density at radius 3 is 2.30 bits per heavy atom. The Morgan fingerprint density at radius 2 is 1.52 bits per heavy atom. The molecule has 0 unspecified atom stereocenters. The zero-order valence-corrected chi connectivity index (χ0v) is 16.0. The molecule has 27 heavy (non-hydrogen) atoms. The number of hydrogen-bond donors (Lipinski definition) is 0. The molecule has 0 amide bonds. The van der Waals surface area contributed by atoms with Gasteiger partial charge in [0.15, 0.2) is 0 Å². The van der Waals surface area contributed by atoms with Gasteiger partial charge in [0, 0.05) is 28.1 Å². The van der Waals surface area contributed by atoms with Gasteiger partial charge >= 0.3 is 0 Å². The molecule has 2 nitrogen and oxygen atoms in total. The lowest BCUT2D eigenvalue weighted by atomic mass is 10.0. The molecule has 0 aliphatic carbocycles. The first-order chi connectivity index (χ1) is 13.2. The average molecular weight is 366 g/mol. The van der Waals surface area contributed by atoms with Gasteiger partial charge in [-0.3, -0.25) is 4.98 Å². The number of thiophene rings is 1. The number of rotatable bonds is 2. The summed E-state index contributed by atoms with van der Waals surface area (Å²) >= 11 is 1.73. The summed E-state index contributed by atoms with van der Waals surface area (Å²) in [5.74, 6) is 0. The van der Waals surface area contributed by atoms with E-state index in [-0.39, 0.29) is 0 Å². The van der Waals surface area contributed by atoms with Crippen molar-refractivity contribution in [2.24, 2.45) is 0 Å². The predicted molar refractivity (Wildman–Crippen MR) is 115 cm³/mol. The van der Waals surface area contributed by atoms with Crippen molar-refractivity contribution in [2.75, 3.05) is 0 Å². The van der Waals surface area contributed by atoms with Crippen LogP contribution in [0.25, 0.3) is 42.8 Å². The molecule has 5 rings (SSSR count). The Kier molecular flexibility index (Phi) is 3.76. The largest absolute Gasteiger partial charge is 0.255 e. The summed E-state index contributed by atoms with van der Waals surface area (Å²) in [5, 5.41) is 2.42. The molecule has 0 spiro atoms. The van der Waals surface area contributed by atoms with Crippen molar-refractivity contribution in [3.63, 3.8) is 0 Å². The Labute approximate surface area is 162 Å². The van der Waals surface area contributed by atoms with Gasteiger partial charge in [-0.25, -0.2) is 4.98 Å². The van der Waals surface area contributed by atoms with E-state index in [1.165, 1.54) is 32.2 Å². The van der Waals surface area contributed by atoms with Gasteiger partial charge in [0.05, 0.1) is 16.1 Å². The summed E-state index contributed by atoms with van der Waals surface area (Å²) < 4.78 is 1.20. The molecule has 130 valence electrons. The fourth-order valence-corrected chi connectivity index (χ4v) is 4.85. The van der Waals surface area contributed by atoms with Crippen LogP contribution in [0.15, 0.2) is 72.9 Å². The zero-order valence-electron chi connectivity index (χ0n) is 15.2. The maximum Gasteiger partial charge on any atom is 0.125 e. The van der Waals surface area contributed by atoms with Crippen molar-refractivity contribution >= 4 is 31.6 Å². The minimum atomic E-state index is 1.01. The normalized spacial score (nSPS) is 11.3. The number of pyridine rings is 2. The standard InChI is InChI=1S/C24H18N2S/c1-15-12-16(2)14-18(13-15)22-23-19(10-11-25-22)20-8-9-21(26-24(20)27-23)17-6-4-3-5-7-17/h3-14H,1-2H3. The lowest BCUT2D eigenvalue weighted by molar-refractivity contribution is 1.33. The van der Waals surface area contributed by atoms with Crippen molar-refractivity contribution in [1.82, 2.24) is 9.97 Å². The van der Waals surface area contributed by atoms with Gasteiger partial charge in [0.1, 0.15) is 4.83 Å². The fourth-order valence-electron chi connectivity index (χ4n) is 3.67. The lowest BCUT2D eigenvalue weighted by Gasteiger charge is -2.05. The van der Waals surface area contributed by atoms with Gasteiger partial charge in [0.2, 0.25) is 0 Å². The van der Waals surface area contributed by atoms with Crippen LogP contribution in [0.5, 0.6) is 0 Å². The molecule has 0 N–H and O–H groups in total. The molecule has 0 saturated carbocycles. The molecule has 0 saturated heterocycles. The molecule has 3 aromatic heterocycles. The number of fused-ring (bicyclic) bond motifs is 3. The molecule has 0 radical (unpaired) electrons. The third-order valence-corrected chi connectivity index (χ3v) is 5.94. The van der Waals surface area contributed by atoms with E-state index in [1.54, 1.807) is 11.3 Å². The van der Waals surface area contributed by atoms with E-state index in [9.17, 15) is 0 Å². The SMILES string of the molecule is Cc1cc(C)cc(-c2nccc3c2sc2nc(-c4ccccc4)ccc23)c1. The highest BCUT2D eigenvalue weighted by Crippen LogP contribution is 2.39. The van der Waals surface area contributed by atoms with Crippen molar-refractivity contribution in [1.29, 1.82) is 0 Å². The first kappa shape index (κ1) is 16.2. The monoisotopic (exact) mass is 366 g/mol. The Balaban J connectivity index is 1.75. The van der Waals surface area contributed by atoms with Crippen LogP contribution >= 0.6 is 11.3 Å². The van der Waals surface area contributed by atoms with E-state index in [4.69, 9.17) is 9.97 Å². The summed E-state index contributed by atoms with van der Waals surface area (Å²) in [5.41, 5.74) is 6.89. The summed E-state index contributed by atoms with van der Waals surface area (Å²) in [7, 11) is 0. The highest BCUT2D eigenvalue weighted by Gasteiger charge is 2.13. The zero-order chi connectivity index (χ0) is 18.4. The minimum absolute atomic E-state index is 1.01. The number of aromatic nitrogens is 2. The molecule has 3 heterocycles. The summed E-state index contributed by atoms with van der Waals surface area (Å²) in [6, 6.07) is 23.4. The van der Waals surface area contributed by atoms with Gasteiger partial charge < -0.3 is 0 Å². The second-order valence-corrected chi connectivity index (χ2v) is 7.93. The second-order valence-electron chi connectivity index (χ2n) is 6.93. The van der Waals surface area contributed by atoms with Crippen LogP contribution in [-0.4, -0.2) is 9.97 Å². The van der Waals surface area contributed by atoms with Crippen LogP contribution in [-0.2, 0) is 0 Å². The van der Waals surface area contributed by atoms with Crippen LogP contribution in [0.1, 0.15) is 11.1 Å². The molecule has 0 atom stereocenters. The Bertz CT molecular complexity index is 1270. The summed E-state index contributed by atoms with van der Waals surface area (Å²) in [4.78, 5) is 10.7. The van der Waals surface area contributed by atoms with Crippen LogP contribution in [0.2, 0.25) is 0 Å². The van der Waals surface area contributed by atoms with Crippen LogP contribution in [0.4, 0.5) is 0 Å². The van der Waals surface area contributed by atoms with E-state index in [1.807, 2.05) is 24.4 Å². The van der Waals surface area contributed by atoms with Crippen molar-refractivity contribution in [3.8, 4) is 22.5 Å². The molecule has 0 bridgehead atoms. The molecule has 3 heteroatoms. The molecule has 0 aliphatic rings. The fraction of sp³-hybridized carbons (Fsp3) is 0.0833. The number of benzene rings is 2. The molecule has 0 aliphatic heterocycles. The van der Waals surface area contributed by atoms with Crippen LogP contribution in [0, 0.1) is 13.8 Å². The Hall–Kier alpha value is -3.04. The highest BCUT2D eigenvalue weighted by atomic mass is 32.1. The first-order valence-corrected chi connectivity index (χ1v) is 9.83. The molecular weight excluding hydrogens is 348 g/mol. The lowest BCUT2D eigenvalue weighted by Crippen LogP contribution is -1.86. The van der Waals surface area contributed by atoms with E-state index < -0.39 is 0 Å². The van der Waals surface area contributed by atoms with Gasteiger partial charge in [-0.1, -0.05) is 47.5 Å². The summed E-state index contributed by atoms with van der Waals surface area (Å²) in [6.45, 7) is 4.27. The quantitative estimate of drug-likeness (QED) is 0.343. The van der Waals surface area contributed by atoms with E-state index in [0.717, 1.165) is 21.8 Å². The first-order valence-electron chi connectivity index (χ1n) is 9.01. The van der Waals surface area contributed by atoms with Gasteiger partial charge in [-0.2, -0.15) is 0 Å².